The summed E-state index contributed by atoms with van der Waals surface area (Å²) in [5.41, 5.74) is 3.96. The Morgan fingerprint density at radius 1 is 0.889 bits per heavy atom. The number of benzene rings is 3. The SMILES string of the molecule is Cc1ccc(N=Cc2ccc(OC(=O)/C=C/c3ccc(Br)cc3)cc2)cc1. The van der Waals surface area contributed by atoms with Crippen LogP contribution in [0.2, 0.25) is 0 Å². The Labute approximate surface area is 167 Å². The van der Waals surface area contributed by atoms with E-state index in [9.17, 15) is 4.79 Å². The molecule has 0 spiro atoms. The lowest BCUT2D eigenvalue weighted by molar-refractivity contribution is -0.128. The molecule has 0 atom stereocenters. The van der Waals surface area contributed by atoms with Crippen LogP contribution < -0.4 is 4.74 Å². The van der Waals surface area contributed by atoms with Gasteiger partial charge in [0.05, 0.1) is 5.69 Å². The number of carbonyl (C=O) groups excluding carboxylic acids is 1. The fraction of sp³-hybridized carbons (Fsp3) is 0.0435. The van der Waals surface area contributed by atoms with Gasteiger partial charge in [0.25, 0.3) is 0 Å². The van der Waals surface area contributed by atoms with E-state index in [-0.39, 0.29) is 0 Å². The fourth-order valence-corrected chi connectivity index (χ4v) is 2.55. The van der Waals surface area contributed by atoms with E-state index in [2.05, 4.69) is 20.9 Å². The second-order valence-electron chi connectivity index (χ2n) is 5.97. The van der Waals surface area contributed by atoms with Gasteiger partial charge in [-0.3, -0.25) is 4.99 Å². The maximum Gasteiger partial charge on any atom is 0.336 e. The van der Waals surface area contributed by atoms with Crippen LogP contribution in [0.1, 0.15) is 16.7 Å². The number of esters is 1. The van der Waals surface area contributed by atoms with Crippen LogP contribution in [0, 0.1) is 6.92 Å². The Morgan fingerprint density at radius 2 is 1.52 bits per heavy atom. The minimum Gasteiger partial charge on any atom is -0.423 e. The predicted molar refractivity (Wildman–Crippen MR) is 114 cm³/mol. The molecule has 3 aromatic carbocycles. The zero-order chi connectivity index (χ0) is 19.1. The zero-order valence-corrected chi connectivity index (χ0v) is 16.4. The van der Waals surface area contributed by atoms with E-state index < -0.39 is 5.97 Å². The van der Waals surface area contributed by atoms with Crippen LogP contribution in [0.25, 0.3) is 6.08 Å². The molecule has 0 heterocycles. The summed E-state index contributed by atoms with van der Waals surface area (Å²) in [6.07, 6.45) is 4.91. The molecule has 3 aromatic rings. The molecule has 0 fully saturated rings. The summed E-state index contributed by atoms with van der Waals surface area (Å²) in [4.78, 5) is 16.4. The topological polar surface area (TPSA) is 38.7 Å². The summed E-state index contributed by atoms with van der Waals surface area (Å²) in [5, 5.41) is 0. The van der Waals surface area contributed by atoms with Crippen molar-refractivity contribution in [2.24, 2.45) is 4.99 Å². The molecule has 0 saturated carbocycles. The van der Waals surface area contributed by atoms with E-state index >= 15 is 0 Å². The normalized spacial score (nSPS) is 11.2. The number of ether oxygens (including phenoxy) is 1. The number of carbonyl (C=O) groups is 1. The van der Waals surface area contributed by atoms with Crippen molar-refractivity contribution in [1.82, 2.24) is 0 Å². The third kappa shape index (κ3) is 6.04. The van der Waals surface area contributed by atoms with E-state index in [1.807, 2.05) is 67.6 Å². The van der Waals surface area contributed by atoms with Gasteiger partial charge >= 0.3 is 5.97 Å². The highest BCUT2D eigenvalue weighted by molar-refractivity contribution is 9.10. The summed E-state index contributed by atoms with van der Waals surface area (Å²) >= 11 is 3.38. The van der Waals surface area contributed by atoms with Gasteiger partial charge in [-0.1, -0.05) is 45.8 Å². The molecule has 0 aliphatic heterocycles. The first-order valence-electron chi connectivity index (χ1n) is 8.45. The minimum absolute atomic E-state index is 0.418. The lowest BCUT2D eigenvalue weighted by atomic mass is 10.2. The summed E-state index contributed by atoms with van der Waals surface area (Å²) in [6, 6.07) is 22.9. The Hall–Kier alpha value is -2.98. The van der Waals surface area contributed by atoms with Crippen LogP contribution in [-0.2, 0) is 4.79 Å². The van der Waals surface area contributed by atoms with Gasteiger partial charge < -0.3 is 4.74 Å². The van der Waals surface area contributed by atoms with Crippen molar-refractivity contribution in [1.29, 1.82) is 0 Å². The highest BCUT2D eigenvalue weighted by atomic mass is 79.9. The van der Waals surface area contributed by atoms with Crippen molar-refractivity contribution in [3.63, 3.8) is 0 Å². The highest BCUT2D eigenvalue weighted by Gasteiger charge is 2.00. The number of aliphatic imine (C=N–C) groups is 1. The summed E-state index contributed by atoms with van der Waals surface area (Å²) in [7, 11) is 0. The number of halogens is 1. The Kier molecular flexibility index (Phi) is 6.34. The Morgan fingerprint density at radius 3 is 2.19 bits per heavy atom. The Bertz CT molecular complexity index is 957. The molecule has 3 rings (SSSR count). The summed E-state index contributed by atoms with van der Waals surface area (Å²) in [6.45, 7) is 2.04. The maximum atomic E-state index is 11.9. The summed E-state index contributed by atoms with van der Waals surface area (Å²) < 4.78 is 6.31. The molecule has 0 aliphatic carbocycles. The first-order chi connectivity index (χ1) is 13.1. The van der Waals surface area contributed by atoms with Gasteiger partial charge in [-0.05, 0) is 72.7 Å². The first kappa shape index (κ1) is 18.8. The first-order valence-corrected chi connectivity index (χ1v) is 9.24. The molecular formula is C23H18BrNO2. The van der Waals surface area contributed by atoms with Crippen LogP contribution in [-0.4, -0.2) is 12.2 Å². The molecular weight excluding hydrogens is 402 g/mol. The van der Waals surface area contributed by atoms with E-state index in [0.717, 1.165) is 21.3 Å². The van der Waals surface area contributed by atoms with Gasteiger partial charge in [-0.2, -0.15) is 0 Å². The molecule has 134 valence electrons. The van der Waals surface area contributed by atoms with Crippen molar-refractivity contribution in [2.75, 3.05) is 0 Å². The van der Waals surface area contributed by atoms with Crippen LogP contribution in [0.5, 0.6) is 5.75 Å². The molecule has 0 N–H and O–H groups in total. The molecule has 0 radical (unpaired) electrons. The highest BCUT2D eigenvalue weighted by Crippen LogP contribution is 2.15. The van der Waals surface area contributed by atoms with Crippen molar-refractivity contribution in [3.8, 4) is 5.75 Å². The molecule has 0 bridgehead atoms. The van der Waals surface area contributed by atoms with Crippen LogP contribution in [0.3, 0.4) is 0 Å². The predicted octanol–water partition coefficient (Wildman–Crippen LogP) is 6.13. The molecule has 0 aromatic heterocycles. The maximum absolute atomic E-state index is 11.9. The molecule has 4 heteroatoms. The van der Waals surface area contributed by atoms with Gasteiger partial charge in [0.2, 0.25) is 0 Å². The van der Waals surface area contributed by atoms with E-state index in [1.54, 1.807) is 24.4 Å². The van der Waals surface area contributed by atoms with Crippen LogP contribution >= 0.6 is 15.9 Å². The van der Waals surface area contributed by atoms with Gasteiger partial charge in [-0.15, -0.1) is 0 Å². The van der Waals surface area contributed by atoms with Gasteiger partial charge in [0, 0.05) is 16.8 Å². The minimum atomic E-state index is -0.418. The van der Waals surface area contributed by atoms with Crippen LogP contribution in [0.4, 0.5) is 5.69 Å². The number of nitrogens with zero attached hydrogens (tertiary/aromatic N) is 1. The van der Waals surface area contributed by atoms with Crippen molar-refractivity contribution >= 4 is 39.9 Å². The standard InChI is InChI=1S/C23H18BrNO2/c1-17-2-11-21(12-3-17)25-16-19-6-13-22(14-7-19)27-23(26)15-8-18-4-9-20(24)10-5-18/h2-16H,1H3/b15-8+,25-16?. The van der Waals surface area contributed by atoms with E-state index in [1.165, 1.54) is 11.6 Å². The largest absolute Gasteiger partial charge is 0.423 e. The van der Waals surface area contributed by atoms with Gasteiger partial charge in [0.15, 0.2) is 0 Å². The second kappa shape index (κ2) is 9.10. The average Bonchev–Trinajstić information content (AvgIpc) is 2.68. The van der Waals surface area contributed by atoms with Gasteiger partial charge in [0.1, 0.15) is 5.75 Å². The molecule has 0 amide bonds. The monoisotopic (exact) mass is 419 g/mol. The number of hydrogen-bond acceptors (Lipinski definition) is 3. The molecule has 0 saturated heterocycles. The van der Waals surface area contributed by atoms with Crippen molar-refractivity contribution in [3.05, 3.63) is 100 Å². The van der Waals surface area contributed by atoms with Gasteiger partial charge in [-0.25, -0.2) is 4.79 Å². The van der Waals surface area contributed by atoms with Crippen LogP contribution in [0.15, 0.2) is 88.3 Å². The molecule has 0 unspecified atom stereocenters. The third-order valence-electron chi connectivity index (χ3n) is 3.78. The van der Waals surface area contributed by atoms with E-state index in [4.69, 9.17) is 4.74 Å². The molecule has 0 aliphatic rings. The number of aryl methyl sites for hydroxylation is 1. The second-order valence-corrected chi connectivity index (χ2v) is 6.88. The average molecular weight is 420 g/mol. The van der Waals surface area contributed by atoms with Crippen molar-refractivity contribution < 1.29 is 9.53 Å². The number of hydrogen-bond donors (Lipinski definition) is 0. The quantitative estimate of drug-likeness (QED) is 0.216. The van der Waals surface area contributed by atoms with Crippen molar-refractivity contribution in [2.45, 2.75) is 6.92 Å². The molecule has 3 nitrogen and oxygen atoms in total. The zero-order valence-electron chi connectivity index (χ0n) is 14.8. The fourth-order valence-electron chi connectivity index (χ4n) is 2.29. The third-order valence-corrected chi connectivity index (χ3v) is 4.31. The smallest absolute Gasteiger partial charge is 0.336 e. The molecule has 27 heavy (non-hydrogen) atoms. The lowest BCUT2D eigenvalue weighted by Gasteiger charge is -2.02. The Balaban J connectivity index is 1.57. The number of rotatable bonds is 5. The van der Waals surface area contributed by atoms with E-state index in [0.29, 0.717) is 5.75 Å². The lowest BCUT2D eigenvalue weighted by Crippen LogP contribution is -2.03. The summed E-state index contributed by atoms with van der Waals surface area (Å²) in [5.74, 6) is 0.0759.